The molecule has 0 fully saturated rings. The zero-order chi connectivity index (χ0) is 11.7. The van der Waals surface area contributed by atoms with Crippen molar-refractivity contribution in [1.82, 2.24) is 0 Å². The third kappa shape index (κ3) is 6.63. The molecule has 1 atom stereocenters. The molecule has 0 aromatic rings. The lowest BCUT2D eigenvalue weighted by Gasteiger charge is -2.11. The van der Waals surface area contributed by atoms with Crippen molar-refractivity contribution in [2.24, 2.45) is 0 Å². The molecule has 5 nitrogen and oxygen atoms in total. The molecule has 0 radical (unpaired) electrons. The van der Waals surface area contributed by atoms with E-state index in [1.165, 1.54) is 6.08 Å². The summed E-state index contributed by atoms with van der Waals surface area (Å²) >= 11 is 0. The molecule has 0 amide bonds. The summed E-state index contributed by atoms with van der Waals surface area (Å²) in [4.78, 5) is 0. The predicted octanol–water partition coefficient (Wildman–Crippen LogP) is 1.27. The van der Waals surface area contributed by atoms with Crippen LogP contribution in [0, 0.1) is 0 Å². The van der Waals surface area contributed by atoms with Crippen LogP contribution in [-0.2, 0) is 13.6 Å². The topological polar surface area (TPSA) is 76.0 Å². The van der Waals surface area contributed by atoms with Gasteiger partial charge in [-0.2, -0.15) is 0 Å². The SMILES string of the molecule is CCOP(=O)(C=C=CC(O)CO)OCC. The lowest BCUT2D eigenvalue weighted by molar-refractivity contribution is 0.131. The molecule has 0 saturated carbocycles. The summed E-state index contributed by atoms with van der Waals surface area (Å²) < 4.78 is 21.6. The van der Waals surface area contributed by atoms with Gasteiger partial charge in [0.25, 0.3) is 0 Å². The molecule has 0 rings (SSSR count). The summed E-state index contributed by atoms with van der Waals surface area (Å²) in [5, 5.41) is 17.5. The highest BCUT2D eigenvalue weighted by Crippen LogP contribution is 2.49. The molecular weight excluding hydrogens is 219 g/mol. The van der Waals surface area contributed by atoms with E-state index in [0.29, 0.717) is 0 Å². The minimum absolute atomic E-state index is 0.262. The normalized spacial score (nSPS) is 13.1. The van der Waals surface area contributed by atoms with Crippen molar-refractivity contribution in [3.05, 3.63) is 17.6 Å². The molecule has 0 aliphatic heterocycles. The van der Waals surface area contributed by atoms with Crippen molar-refractivity contribution in [1.29, 1.82) is 0 Å². The van der Waals surface area contributed by atoms with Gasteiger partial charge in [0, 0.05) is 0 Å². The molecule has 6 heteroatoms. The van der Waals surface area contributed by atoms with E-state index in [1.807, 2.05) is 0 Å². The zero-order valence-corrected chi connectivity index (χ0v) is 9.81. The minimum Gasteiger partial charge on any atom is -0.393 e. The Labute approximate surface area is 89.6 Å². The number of hydrogen-bond donors (Lipinski definition) is 2. The average molecular weight is 236 g/mol. The maximum atomic E-state index is 11.8. The average Bonchev–Trinajstić information content (AvgIpc) is 2.18. The van der Waals surface area contributed by atoms with Crippen LogP contribution >= 0.6 is 7.60 Å². The first-order chi connectivity index (χ1) is 7.08. The highest BCUT2D eigenvalue weighted by atomic mass is 31.2. The van der Waals surface area contributed by atoms with Crippen LogP contribution in [0.1, 0.15) is 13.8 Å². The van der Waals surface area contributed by atoms with Gasteiger partial charge >= 0.3 is 7.60 Å². The number of aliphatic hydroxyl groups is 2. The number of aliphatic hydroxyl groups excluding tert-OH is 2. The fraction of sp³-hybridized carbons (Fsp3) is 0.667. The van der Waals surface area contributed by atoms with Crippen molar-refractivity contribution >= 4 is 7.60 Å². The van der Waals surface area contributed by atoms with Gasteiger partial charge in [-0.15, -0.1) is 5.73 Å². The largest absolute Gasteiger partial charge is 0.393 e. The van der Waals surface area contributed by atoms with Gasteiger partial charge in [0.2, 0.25) is 0 Å². The second kappa shape index (κ2) is 7.83. The minimum atomic E-state index is -3.25. The monoisotopic (exact) mass is 236 g/mol. The Hall–Kier alpha value is -0.410. The van der Waals surface area contributed by atoms with Crippen molar-refractivity contribution in [3.63, 3.8) is 0 Å². The number of rotatable bonds is 7. The highest BCUT2D eigenvalue weighted by molar-refractivity contribution is 7.57. The highest BCUT2D eigenvalue weighted by Gasteiger charge is 2.18. The van der Waals surface area contributed by atoms with Crippen molar-refractivity contribution in [2.75, 3.05) is 19.8 Å². The molecule has 0 spiro atoms. The summed E-state index contributed by atoms with van der Waals surface area (Å²) in [5.41, 5.74) is 2.47. The summed E-state index contributed by atoms with van der Waals surface area (Å²) in [6, 6.07) is 0. The first-order valence-electron chi connectivity index (χ1n) is 4.69. The molecular formula is C9H17O5P. The van der Waals surface area contributed by atoms with Crippen molar-refractivity contribution in [3.8, 4) is 0 Å². The molecule has 0 aromatic heterocycles. The number of hydrogen-bond acceptors (Lipinski definition) is 5. The van der Waals surface area contributed by atoms with Gasteiger partial charge in [-0.1, -0.05) is 0 Å². The van der Waals surface area contributed by atoms with Gasteiger partial charge in [-0.3, -0.25) is 4.57 Å². The van der Waals surface area contributed by atoms with Gasteiger partial charge < -0.3 is 19.3 Å². The van der Waals surface area contributed by atoms with Crippen LogP contribution in [0.15, 0.2) is 17.6 Å². The van der Waals surface area contributed by atoms with Crippen LogP contribution in [0.2, 0.25) is 0 Å². The second-order valence-corrected chi connectivity index (χ2v) is 4.44. The Morgan fingerprint density at radius 3 is 2.33 bits per heavy atom. The van der Waals surface area contributed by atoms with Crippen molar-refractivity contribution in [2.45, 2.75) is 20.0 Å². The lowest BCUT2D eigenvalue weighted by Crippen LogP contribution is -2.06. The Balaban J connectivity index is 4.53. The summed E-state index contributed by atoms with van der Waals surface area (Å²) in [5.74, 6) is 1.14. The van der Waals surface area contributed by atoms with Gasteiger partial charge in [0.05, 0.1) is 25.6 Å². The van der Waals surface area contributed by atoms with E-state index in [0.717, 1.165) is 5.82 Å². The summed E-state index contributed by atoms with van der Waals surface area (Å²) in [7, 11) is -3.25. The third-order valence-corrected chi connectivity index (χ3v) is 3.03. The fourth-order valence-electron chi connectivity index (χ4n) is 0.770. The Morgan fingerprint density at radius 2 is 1.93 bits per heavy atom. The van der Waals surface area contributed by atoms with Crippen molar-refractivity contribution < 1.29 is 23.8 Å². The Morgan fingerprint density at radius 1 is 1.40 bits per heavy atom. The van der Waals surface area contributed by atoms with Gasteiger partial charge in [-0.25, -0.2) is 0 Å². The molecule has 2 N–H and O–H groups in total. The standard InChI is InChI=1S/C9H17O5P/c1-3-13-15(12,14-4-2)7-5-6-9(11)8-10/h6-7,9-11H,3-4,8H2,1-2H3. The van der Waals surface area contributed by atoms with E-state index < -0.39 is 20.3 Å². The second-order valence-electron chi connectivity index (χ2n) is 2.59. The van der Waals surface area contributed by atoms with E-state index in [4.69, 9.17) is 19.3 Å². The van der Waals surface area contributed by atoms with E-state index >= 15 is 0 Å². The third-order valence-electron chi connectivity index (χ3n) is 1.33. The first kappa shape index (κ1) is 14.6. The van der Waals surface area contributed by atoms with Crippen LogP contribution in [0.5, 0.6) is 0 Å². The molecule has 0 saturated heterocycles. The van der Waals surface area contributed by atoms with Gasteiger partial charge in [0.1, 0.15) is 6.10 Å². The Kier molecular flexibility index (Phi) is 7.61. The molecule has 0 aromatic carbocycles. The molecule has 0 heterocycles. The van der Waals surface area contributed by atoms with Gasteiger partial charge in [0.15, 0.2) is 0 Å². The van der Waals surface area contributed by atoms with Crippen LogP contribution < -0.4 is 0 Å². The smallest absolute Gasteiger partial charge is 0.361 e. The van der Waals surface area contributed by atoms with E-state index in [1.54, 1.807) is 13.8 Å². The fourth-order valence-corrected chi connectivity index (χ4v) is 1.98. The molecule has 88 valence electrons. The van der Waals surface area contributed by atoms with Gasteiger partial charge in [-0.05, 0) is 19.9 Å². The lowest BCUT2D eigenvalue weighted by atomic mass is 10.4. The van der Waals surface area contributed by atoms with Crippen LogP contribution in [0.4, 0.5) is 0 Å². The molecule has 0 aliphatic rings. The van der Waals surface area contributed by atoms with Crippen LogP contribution in [-0.4, -0.2) is 36.1 Å². The first-order valence-corrected chi connectivity index (χ1v) is 6.30. The van der Waals surface area contributed by atoms with Crippen LogP contribution in [0.3, 0.4) is 0 Å². The maximum Gasteiger partial charge on any atom is 0.361 e. The summed E-state index contributed by atoms with van der Waals surface area (Å²) in [6.45, 7) is 3.52. The Bertz CT molecular complexity index is 260. The van der Waals surface area contributed by atoms with E-state index in [2.05, 4.69) is 5.73 Å². The molecule has 0 bridgehead atoms. The predicted molar refractivity (Wildman–Crippen MR) is 56.6 cm³/mol. The maximum absolute atomic E-state index is 11.8. The van der Waals surface area contributed by atoms with E-state index in [9.17, 15) is 4.57 Å². The van der Waals surface area contributed by atoms with E-state index in [-0.39, 0.29) is 13.2 Å². The molecule has 15 heavy (non-hydrogen) atoms. The quantitative estimate of drug-likeness (QED) is 0.514. The molecule has 0 aliphatic carbocycles. The van der Waals surface area contributed by atoms with Crippen LogP contribution in [0.25, 0.3) is 0 Å². The summed E-state index contributed by atoms with van der Waals surface area (Å²) in [6.07, 6.45) is 0.169. The molecule has 1 unspecified atom stereocenters. The zero-order valence-electron chi connectivity index (χ0n) is 8.92.